The third kappa shape index (κ3) is 3.26. The number of nitrogens with zero attached hydrogens (tertiary/aromatic N) is 2. The van der Waals surface area contributed by atoms with Crippen molar-refractivity contribution in [1.29, 1.82) is 0 Å². The molecule has 3 aromatic carbocycles. The number of hydrogen-bond acceptors (Lipinski definition) is 2. The molecule has 0 saturated heterocycles. The highest BCUT2D eigenvalue weighted by Gasteiger charge is 2.12. The normalized spacial score (nSPS) is 10.9. The second-order valence-electron chi connectivity index (χ2n) is 6.14. The Bertz CT molecular complexity index is 989. The molecule has 0 aliphatic carbocycles. The van der Waals surface area contributed by atoms with Crippen LogP contribution >= 0.6 is 0 Å². The lowest BCUT2D eigenvalue weighted by Gasteiger charge is -2.12. The van der Waals surface area contributed by atoms with Crippen LogP contribution in [0.1, 0.15) is 17.0 Å². The molecule has 3 heteroatoms. The molecule has 4 rings (SSSR count). The zero-order chi connectivity index (χ0) is 17.1. The second kappa shape index (κ2) is 6.81. The Morgan fingerprint density at radius 3 is 2.40 bits per heavy atom. The van der Waals surface area contributed by atoms with E-state index in [2.05, 4.69) is 54.0 Å². The molecule has 0 spiro atoms. The predicted octanol–water partition coefficient (Wildman–Crippen LogP) is 4.97. The maximum atomic E-state index is 6.05. The predicted molar refractivity (Wildman–Crippen MR) is 101 cm³/mol. The van der Waals surface area contributed by atoms with Crippen molar-refractivity contribution in [2.24, 2.45) is 0 Å². The van der Waals surface area contributed by atoms with E-state index >= 15 is 0 Å². The minimum Gasteiger partial charge on any atom is -0.485 e. The number of ether oxygens (including phenoxy) is 1. The van der Waals surface area contributed by atoms with E-state index in [1.54, 1.807) is 0 Å². The van der Waals surface area contributed by atoms with E-state index in [4.69, 9.17) is 9.72 Å². The Morgan fingerprint density at radius 1 is 0.840 bits per heavy atom. The molecule has 124 valence electrons. The molecule has 0 saturated carbocycles. The third-order valence-electron chi connectivity index (χ3n) is 4.37. The highest BCUT2D eigenvalue weighted by molar-refractivity contribution is 5.76. The summed E-state index contributed by atoms with van der Waals surface area (Å²) in [6.45, 7) is 3.29. The van der Waals surface area contributed by atoms with E-state index in [1.807, 2.05) is 36.4 Å². The average molecular weight is 328 g/mol. The van der Waals surface area contributed by atoms with Crippen LogP contribution in [0.15, 0.2) is 78.9 Å². The maximum Gasteiger partial charge on any atom is 0.148 e. The van der Waals surface area contributed by atoms with Crippen molar-refractivity contribution in [3.8, 4) is 5.75 Å². The van der Waals surface area contributed by atoms with Crippen LogP contribution in [0.5, 0.6) is 5.75 Å². The minimum absolute atomic E-state index is 0.451. The van der Waals surface area contributed by atoms with Gasteiger partial charge in [-0.1, -0.05) is 60.7 Å². The first-order valence-corrected chi connectivity index (χ1v) is 8.48. The average Bonchev–Trinajstić information content (AvgIpc) is 3.00. The Hall–Kier alpha value is -3.07. The van der Waals surface area contributed by atoms with Gasteiger partial charge in [-0.05, 0) is 36.2 Å². The van der Waals surface area contributed by atoms with Gasteiger partial charge in [0.25, 0.3) is 0 Å². The molecule has 1 heterocycles. The second-order valence-corrected chi connectivity index (χ2v) is 6.14. The Balaban J connectivity index is 1.68. The number of benzene rings is 3. The van der Waals surface area contributed by atoms with Gasteiger partial charge >= 0.3 is 0 Å². The van der Waals surface area contributed by atoms with Gasteiger partial charge < -0.3 is 9.30 Å². The fourth-order valence-electron chi connectivity index (χ4n) is 3.04. The summed E-state index contributed by atoms with van der Waals surface area (Å²) in [6, 6.07) is 26.8. The molecule has 0 aliphatic heterocycles. The smallest absolute Gasteiger partial charge is 0.148 e. The Labute approximate surface area is 147 Å². The number of aryl methyl sites for hydroxylation is 1. The summed E-state index contributed by atoms with van der Waals surface area (Å²) >= 11 is 0. The van der Waals surface area contributed by atoms with E-state index in [0.717, 1.165) is 34.7 Å². The fraction of sp³-hybridized carbons (Fsp3) is 0.136. The van der Waals surface area contributed by atoms with Crippen LogP contribution in [0, 0.1) is 6.92 Å². The third-order valence-corrected chi connectivity index (χ3v) is 4.37. The van der Waals surface area contributed by atoms with Crippen LogP contribution < -0.4 is 4.74 Å². The van der Waals surface area contributed by atoms with Crippen LogP contribution in [0.25, 0.3) is 11.0 Å². The van der Waals surface area contributed by atoms with Crippen LogP contribution in [-0.2, 0) is 13.2 Å². The molecular formula is C22H20N2O. The van der Waals surface area contributed by atoms with Crippen molar-refractivity contribution in [3.63, 3.8) is 0 Å². The SMILES string of the molecule is Cc1ccccc1OCc1nc2ccccc2n1Cc1ccccc1. The summed E-state index contributed by atoms with van der Waals surface area (Å²) in [6.07, 6.45) is 0. The summed E-state index contributed by atoms with van der Waals surface area (Å²) in [4.78, 5) is 4.79. The van der Waals surface area contributed by atoms with Gasteiger partial charge in [-0.25, -0.2) is 4.98 Å². The van der Waals surface area contributed by atoms with Crippen LogP contribution in [-0.4, -0.2) is 9.55 Å². The molecule has 3 nitrogen and oxygen atoms in total. The standard InChI is InChI=1S/C22H20N2O/c1-17-9-5-8-14-21(17)25-16-22-23-19-12-6-7-13-20(19)24(22)15-18-10-3-2-4-11-18/h2-14H,15-16H2,1H3. The van der Waals surface area contributed by atoms with Crippen molar-refractivity contribution in [2.75, 3.05) is 0 Å². The van der Waals surface area contributed by atoms with Crippen LogP contribution in [0.4, 0.5) is 0 Å². The molecular weight excluding hydrogens is 308 g/mol. The molecule has 0 atom stereocenters. The molecule has 0 radical (unpaired) electrons. The minimum atomic E-state index is 0.451. The zero-order valence-electron chi connectivity index (χ0n) is 14.2. The molecule has 1 aromatic heterocycles. The van der Waals surface area contributed by atoms with Crippen LogP contribution in [0.3, 0.4) is 0 Å². The number of imidazole rings is 1. The first-order chi connectivity index (χ1) is 12.3. The highest BCUT2D eigenvalue weighted by Crippen LogP contribution is 2.21. The molecule has 0 N–H and O–H groups in total. The van der Waals surface area contributed by atoms with E-state index in [1.165, 1.54) is 5.56 Å². The molecule has 0 amide bonds. The lowest BCUT2D eigenvalue weighted by atomic mass is 10.2. The van der Waals surface area contributed by atoms with Crippen molar-refractivity contribution in [1.82, 2.24) is 9.55 Å². The monoisotopic (exact) mass is 328 g/mol. The summed E-state index contributed by atoms with van der Waals surface area (Å²) < 4.78 is 8.29. The van der Waals surface area contributed by atoms with Crippen molar-refractivity contribution >= 4 is 11.0 Å². The number of aromatic nitrogens is 2. The van der Waals surface area contributed by atoms with Gasteiger partial charge in [0.15, 0.2) is 0 Å². The van der Waals surface area contributed by atoms with Crippen molar-refractivity contribution in [2.45, 2.75) is 20.1 Å². The largest absolute Gasteiger partial charge is 0.485 e. The molecule has 0 aliphatic rings. The quantitative estimate of drug-likeness (QED) is 0.517. The Morgan fingerprint density at radius 2 is 1.56 bits per heavy atom. The number of hydrogen-bond donors (Lipinski definition) is 0. The Kier molecular flexibility index (Phi) is 4.21. The summed E-state index contributed by atoms with van der Waals surface area (Å²) in [5.41, 5.74) is 4.52. The lowest BCUT2D eigenvalue weighted by molar-refractivity contribution is 0.289. The first kappa shape index (κ1) is 15.5. The topological polar surface area (TPSA) is 27.1 Å². The van der Waals surface area contributed by atoms with E-state index in [9.17, 15) is 0 Å². The van der Waals surface area contributed by atoms with Crippen molar-refractivity contribution < 1.29 is 4.74 Å². The lowest BCUT2D eigenvalue weighted by Crippen LogP contribution is -2.08. The van der Waals surface area contributed by atoms with Gasteiger partial charge in [-0.2, -0.15) is 0 Å². The first-order valence-electron chi connectivity index (χ1n) is 8.48. The highest BCUT2D eigenvalue weighted by atomic mass is 16.5. The van der Waals surface area contributed by atoms with Gasteiger partial charge in [0, 0.05) is 6.54 Å². The summed E-state index contributed by atoms with van der Waals surface area (Å²) in [5.74, 6) is 1.84. The number of para-hydroxylation sites is 3. The molecule has 0 unspecified atom stereocenters. The maximum absolute atomic E-state index is 6.05. The van der Waals surface area contributed by atoms with Gasteiger partial charge in [0.05, 0.1) is 11.0 Å². The number of fused-ring (bicyclic) bond motifs is 1. The molecule has 0 fully saturated rings. The van der Waals surface area contributed by atoms with E-state index in [0.29, 0.717) is 6.61 Å². The molecule has 4 aromatic rings. The zero-order valence-corrected chi connectivity index (χ0v) is 14.2. The number of rotatable bonds is 5. The summed E-state index contributed by atoms with van der Waals surface area (Å²) in [7, 11) is 0. The van der Waals surface area contributed by atoms with E-state index < -0.39 is 0 Å². The van der Waals surface area contributed by atoms with Gasteiger partial charge in [0.1, 0.15) is 18.2 Å². The van der Waals surface area contributed by atoms with Gasteiger partial charge in [-0.3, -0.25) is 0 Å². The fourth-order valence-corrected chi connectivity index (χ4v) is 3.04. The van der Waals surface area contributed by atoms with Gasteiger partial charge in [-0.15, -0.1) is 0 Å². The molecule has 25 heavy (non-hydrogen) atoms. The molecule has 0 bridgehead atoms. The van der Waals surface area contributed by atoms with Crippen molar-refractivity contribution in [3.05, 3.63) is 95.8 Å². The summed E-state index contributed by atoms with van der Waals surface area (Å²) in [5, 5.41) is 0. The van der Waals surface area contributed by atoms with Gasteiger partial charge in [0.2, 0.25) is 0 Å². The van der Waals surface area contributed by atoms with Crippen LogP contribution in [0.2, 0.25) is 0 Å². The van der Waals surface area contributed by atoms with E-state index in [-0.39, 0.29) is 0 Å².